The standard InChI is InChI=1S/C17H13N/c1-2-3-8-15-11-7-12-16(17(15)13-18)14-9-5-4-6-10-14/h2-12H,1H2/b8-3+. The molecule has 0 spiro atoms. The SMILES string of the molecule is C=C/C=C/c1cccc(-c2ccccc2)c1C#N. The van der Waals surface area contributed by atoms with Crippen molar-refractivity contribution in [1.29, 1.82) is 5.26 Å². The maximum atomic E-state index is 9.35. The molecule has 0 fully saturated rings. The van der Waals surface area contributed by atoms with Crippen molar-refractivity contribution in [3.05, 3.63) is 78.4 Å². The topological polar surface area (TPSA) is 23.8 Å². The number of nitrogens with zero attached hydrogens (tertiary/aromatic N) is 1. The van der Waals surface area contributed by atoms with Crippen LogP contribution in [-0.2, 0) is 0 Å². The summed E-state index contributed by atoms with van der Waals surface area (Å²) in [6.45, 7) is 3.64. The lowest BCUT2D eigenvalue weighted by Crippen LogP contribution is -1.88. The summed E-state index contributed by atoms with van der Waals surface area (Å²) >= 11 is 0. The zero-order valence-corrected chi connectivity index (χ0v) is 10.0. The highest BCUT2D eigenvalue weighted by molar-refractivity contribution is 5.76. The van der Waals surface area contributed by atoms with Crippen LogP contribution in [0.25, 0.3) is 17.2 Å². The largest absolute Gasteiger partial charge is 0.192 e. The quantitative estimate of drug-likeness (QED) is 0.717. The Hall–Kier alpha value is -2.59. The van der Waals surface area contributed by atoms with Gasteiger partial charge in [0.15, 0.2) is 0 Å². The number of hydrogen-bond donors (Lipinski definition) is 0. The van der Waals surface area contributed by atoms with E-state index in [2.05, 4.69) is 12.6 Å². The van der Waals surface area contributed by atoms with Gasteiger partial charge in [-0.25, -0.2) is 0 Å². The van der Waals surface area contributed by atoms with Gasteiger partial charge in [-0.1, -0.05) is 73.3 Å². The lowest BCUT2D eigenvalue weighted by molar-refractivity contribution is 1.46. The highest BCUT2D eigenvalue weighted by atomic mass is 14.3. The van der Waals surface area contributed by atoms with Crippen molar-refractivity contribution in [2.24, 2.45) is 0 Å². The molecule has 0 saturated heterocycles. The van der Waals surface area contributed by atoms with E-state index < -0.39 is 0 Å². The van der Waals surface area contributed by atoms with Gasteiger partial charge in [0.05, 0.1) is 5.56 Å². The first-order valence-corrected chi connectivity index (χ1v) is 5.74. The van der Waals surface area contributed by atoms with E-state index in [-0.39, 0.29) is 0 Å². The fourth-order valence-corrected chi connectivity index (χ4v) is 1.86. The van der Waals surface area contributed by atoms with Crippen LogP contribution in [0.5, 0.6) is 0 Å². The molecule has 18 heavy (non-hydrogen) atoms. The van der Waals surface area contributed by atoms with Gasteiger partial charge in [0, 0.05) is 5.56 Å². The number of benzene rings is 2. The van der Waals surface area contributed by atoms with E-state index in [1.807, 2.05) is 60.7 Å². The number of rotatable bonds is 3. The van der Waals surface area contributed by atoms with Crippen molar-refractivity contribution in [2.45, 2.75) is 0 Å². The van der Waals surface area contributed by atoms with E-state index in [4.69, 9.17) is 0 Å². The number of allylic oxidation sites excluding steroid dienone is 2. The highest BCUT2D eigenvalue weighted by Gasteiger charge is 2.07. The smallest absolute Gasteiger partial charge is 0.100 e. The van der Waals surface area contributed by atoms with E-state index in [1.165, 1.54) is 0 Å². The molecule has 0 aliphatic carbocycles. The van der Waals surface area contributed by atoms with E-state index in [0.717, 1.165) is 16.7 Å². The molecule has 86 valence electrons. The molecule has 2 aromatic carbocycles. The zero-order chi connectivity index (χ0) is 12.8. The fraction of sp³-hybridized carbons (Fsp3) is 0. The molecule has 0 aromatic heterocycles. The van der Waals surface area contributed by atoms with Gasteiger partial charge in [0.2, 0.25) is 0 Å². The minimum absolute atomic E-state index is 0.696. The van der Waals surface area contributed by atoms with Crippen molar-refractivity contribution < 1.29 is 0 Å². The molecule has 0 aliphatic rings. The molecule has 2 rings (SSSR count). The molecule has 0 saturated carbocycles. The van der Waals surface area contributed by atoms with Crippen LogP contribution < -0.4 is 0 Å². The summed E-state index contributed by atoms with van der Waals surface area (Å²) in [5.41, 5.74) is 3.63. The Morgan fingerprint density at radius 3 is 2.44 bits per heavy atom. The third-order valence-electron chi connectivity index (χ3n) is 2.71. The van der Waals surface area contributed by atoms with E-state index in [9.17, 15) is 5.26 Å². The minimum Gasteiger partial charge on any atom is -0.192 e. The summed E-state index contributed by atoms with van der Waals surface area (Å²) in [7, 11) is 0. The van der Waals surface area contributed by atoms with Crippen LogP contribution in [0.15, 0.2) is 67.3 Å². The van der Waals surface area contributed by atoms with Gasteiger partial charge in [0.25, 0.3) is 0 Å². The average Bonchev–Trinajstić information content (AvgIpc) is 2.45. The lowest BCUT2D eigenvalue weighted by Gasteiger charge is -2.06. The molecular formula is C17H13N. The second-order valence-corrected chi connectivity index (χ2v) is 3.84. The summed E-state index contributed by atoms with van der Waals surface area (Å²) in [4.78, 5) is 0. The van der Waals surface area contributed by atoms with Crippen molar-refractivity contribution in [1.82, 2.24) is 0 Å². The van der Waals surface area contributed by atoms with Crippen LogP contribution >= 0.6 is 0 Å². The van der Waals surface area contributed by atoms with Gasteiger partial charge in [-0.3, -0.25) is 0 Å². The normalized spacial score (nSPS) is 10.2. The second kappa shape index (κ2) is 5.65. The van der Waals surface area contributed by atoms with Gasteiger partial charge in [-0.15, -0.1) is 0 Å². The maximum absolute atomic E-state index is 9.35. The predicted molar refractivity (Wildman–Crippen MR) is 75.8 cm³/mol. The molecule has 0 radical (unpaired) electrons. The van der Waals surface area contributed by atoms with Crippen LogP contribution in [0.1, 0.15) is 11.1 Å². The van der Waals surface area contributed by atoms with Gasteiger partial charge >= 0.3 is 0 Å². The summed E-state index contributed by atoms with van der Waals surface area (Å²) in [5.74, 6) is 0. The first-order valence-electron chi connectivity index (χ1n) is 5.74. The monoisotopic (exact) mass is 231 g/mol. The van der Waals surface area contributed by atoms with Crippen LogP contribution in [0, 0.1) is 11.3 Å². The Bertz CT molecular complexity index is 616. The van der Waals surface area contributed by atoms with Crippen molar-refractivity contribution in [3.8, 4) is 17.2 Å². The molecule has 0 bridgehead atoms. The molecule has 0 unspecified atom stereocenters. The van der Waals surface area contributed by atoms with Crippen LogP contribution in [-0.4, -0.2) is 0 Å². The van der Waals surface area contributed by atoms with Crippen LogP contribution in [0.3, 0.4) is 0 Å². The molecule has 1 heteroatoms. The first-order chi connectivity index (χ1) is 8.86. The van der Waals surface area contributed by atoms with Crippen molar-refractivity contribution in [2.75, 3.05) is 0 Å². The Kier molecular flexibility index (Phi) is 3.73. The third-order valence-corrected chi connectivity index (χ3v) is 2.71. The third kappa shape index (κ3) is 2.39. The number of hydrogen-bond acceptors (Lipinski definition) is 1. The Morgan fingerprint density at radius 1 is 1.00 bits per heavy atom. The van der Waals surface area contributed by atoms with Gasteiger partial charge in [-0.05, 0) is 11.1 Å². The lowest BCUT2D eigenvalue weighted by atomic mass is 9.96. The molecule has 2 aromatic rings. The van der Waals surface area contributed by atoms with E-state index in [0.29, 0.717) is 5.56 Å². The Morgan fingerprint density at radius 2 is 1.78 bits per heavy atom. The highest BCUT2D eigenvalue weighted by Crippen LogP contribution is 2.26. The molecule has 1 nitrogen and oxygen atoms in total. The summed E-state index contributed by atoms with van der Waals surface area (Å²) < 4.78 is 0. The molecule has 0 atom stereocenters. The fourth-order valence-electron chi connectivity index (χ4n) is 1.86. The van der Waals surface area contributed by atoms with Crippen LogP contribution in [0.2, 0.25) is 0 Å². The summed E-state index contributed by atoms with van der Waals surface area (Å²) in [5, 5.41) is 9.35. The summed E-state index contributed by atoms with van der Waals surface area (Å²) in [6, 6.07) is 18.1. The second-order valence-electron chi connectivity index (χ2n) is 3.84. The Balaban J connectivity index is 2.59. The molecule has 0 heterocycles. The maximum Gasteiger partial charge on any atom is 0.100 e. The predicted octanol–water partition coefficient (Wildman–Crippen LogP) is 4.42. The van der Waals surface area contributed by atoms with Gasteiger partial charge < -0.3 is 0 Å². The average molecular weight is 231 g/mol. The molecule has 0 aliphatic heterocycles. The summed E-state index contributed by atoms with van der Waals surface area (Å²) in [6.07, 6.45) is 5.44. The minimum atomic E-state index is 0.696. The molecule has 0 amide bonds. The molecular weight excluding hydrogens is 218 g/mol. The molecule has 0 N–H and O–H groups in total. The van der Waals surface area contributed by atoms with Gasteiger partial charge in [0.1, 0.15) is 6.07 Å². The van der Waals surface area contributed by atoms with E-state index in [1.54, 1.807) is 6.08 Å². The first kappa shape index (κ1) is 11.9. The van der Waals surface area contributed by atoms with Crippen molar-refractivity contribution >= 4 is 6.08 Å². The van der Waals surface area contributed by atoms with Gasteiger partial charge in [-0.2, -0.15) is 5.26 Å². The van der Waals surface area contributed by atoms with Crippen molar-refractivity contribution in [3.63, 3.8) is 0 Å². The number of nitriles is 1. The van der Waals surface area contributed by atoms with E-state index >= 15 is 0 Å². The zero-order valence-electron chi connectivity index (χ0n) is 10.0. The van der Waals surface area contributed by atoms with Crippen LogP contribution in [0.4, 0.5) is 0 Å². The Labute approximate surface area is 107 Å².